The van der Waals surface area contributed by atoms with Gasteiger partial charge in [-0.1, -0.05) is 35.6 Å². The second-order valence-corrected chi connectivity index (χ2v) is 9.49. The Hall–Kier alpha value is -4.51. The molecule has 1 N–H and O–H groups in total. The smallest absolute Gasteiger partial charge is 0.416 e. The number of carboxylic acids is 1. The van der Waals surface area contributed by atoms with E-state index >= 15 is 0 Å². The Kier molecular flexibility index (Phi) is 6.69. The zero-order chi connectivity index (χ0) is 27.9. The fourth-order valence-corrected chi connectivity index (χ4v) is 5.26. The van der Waals surface area contributed by atoms with Gasteiger partial charge >= 0.3 is 12.1 Å². The average Bonchev–Trinajstić information content (AvgIpc) is 3.50. The van der Waals surface area contributed by atoms with E-state index in [9.17, 15) is 27.5 Å². The van der Waals surface area contributed by atoms with E-state index in [0.29, 0.717) is 38.7 Å². The van der Waals surface area contributed by atoms with Crippen LogP contribution in [-0.2, 0) is 6.18 Å². The van der Waals surface area contributed by atoms with Gasteiger partial charge in [0.05, 0.1) is 28.9 Å². The van der Waals surface area contributed by atoms with Crippen LogP contribution in [0.4, 0.5) is 17.6 Å². The fourth-order valence-electron chi connectivity index (χ4n) is 4.20. The molecule has 0 bridgehead atoms. The number of alkyl halides is 3. The van der Waals surface area contributed by atoms with Crippen molar-refractivity contribution in [3.05, 3.63) is 95.6 Å². The minimum absolute atomic E-state index is 0.180. The highest BCUT2D eigenvalue weighted by atomic mass is 32.1. The van der Waals surface area contributed by atoms with Crippen LogP contribution in [0.15, 0.2) is 72.8 Å². The van der Waals surface area contributed by atoms with E-state index in [1.165, 1.54) is 42.1 Å². The molecule has 0 aliphatic rings. The van der Waals surface area contributed by atoms with Crippen LogP contribution in [0, 0.1) is 12.7 Å². The molecule has 2 aromatic heterocycles. The zero-order valence-corrected chi connectivity index (χ0v) is 21.3. The van der Waals surface area contributed by atoms with Crippen LogP contribution in [0.1, 0.15) is 21.7 Å². The zero-order valence-electron chi connectivity index (χ0n) is 20.5. The number of benzene rings is 3. The lowest BCUT2D eigenvalue weighted by Crippen LogP contribution is -2.09. The summed E-state index contributed by atoms with van der Waals surface area (Å²) in [6.45, 7) is 1.61. The number of hydrogen-bond acceptors (Lipinski definition) is 5. The molecule has 0 saturated carbocycles. The van der Waals surface area contributed by atoms with Gasteiger partial charge in [-0.3, -0.25) is 0 Å². The highest BCUT2D eigenvalue weighted by Crippen LogP contribution is 2.41. The van der Waals surface area contributed by atoms with Crippen molar-refractivity contribution in [1.82, 2.24) is 14.8 Å². The van der Waals surface area contributed by atoms with E-state index in [1.807, 2.05) is 0 Å². The van der Waals surface area contributed by atoms with Crippen molar-refractivity contribution in [2.24, 2.45) is 0 Å². The van der Waals surface area contributed by atoms with Crippen molar-refractivity contribution < 1.29 is 32.2 Å². The molecule has 5 rings (SSSR count). The number of hydrogen-bond donors (Lipinski definition) is 1. The summed E-state index contributed by atoms with van der Waals surface area (Å²) in [7, 11) is 1.52. The van der Waals surface area contributed by atoms with Crippen LogP contribution in [0.25, 0.3) is 38.0 Å². The van der Waals surface area contributed by atoms with Gasteiger partial charge < -0.3 is 9.84 Å². The number of halogens is 4. The van der Waals surface area contributed by atoms with Gasteiger partial charge in [0.25, 0.3) is 0 Å². The molecule has 0 fully saturated rings. The summed E-state index contributed by atoms with van der Waals surface area (Å²) in [6.07, 6.45) is -4.50. The number of aryl methyl sites for hydroxylation is 1. The Balaban J connectivity index is 1.71. The predicted molar refractivity (Wildman–Crippen MR) is 139 cm³/mol. The summed E-state index contributed by atoms with van der Waals surface area (Å²) in [5.41, 5.74) is 1.35. The number of nitrogens with zero attached hydrogens (tertiary/aromatic N) is 3. The number of carbonyl (C=O) groups is 1. The molecule has 5 aromatic rings. The summed E-state index contributed by atoms with van der Waals surface area (Å²) in [4.78, 5) is 17.6. The molecule has 0 spiro atoms. The van der Waals surface area contributed by atoms with Crippen LogP contribution in [0.3, 0.4) is 0 Å². The Bertz CT molecular complexity index is 1670. The lowest BCUT2D eigenvalue weighted by molar-refractivity contribution is -0.137. The molecule has 0 aliphatic carbocycles. The Morgan fingerprint density at radius 2 is 1.64 bits per heavy atom. The SMILES string of the molecule is COc1ccc(-c2sc(-n3nc(C)c(-c4cccc(F)c4)c3C(=O)O)nc2-c2ccc(C(F)(F)F)cc2)cc1. The van der Waals surface area contributed by atoms with Crippen molar-refractivity contribution in [3.63, 3.8) is 0 Å². The van der Waals surface area contributed by atoms with E-state index in [1.54, 1.807) is 37.3 Å². The van der Waals surface area contributed by atoms with Crippen molar-refractivity contribution in [2.45, 2.75) is 13.1 Å². The molecular weight excluding hydrogens is 534 g/mol. The van der Waals surface area contributed by atoms with Crippen molar-refractivity contribution in [1.29, 1.82) is 0 Å². The van der Waals surface area contributed by atoms with E-state index in [-0.39, 0.29) is 16.4 Å². The highest BCUT2D eigenvalue weighted by molar-refractivity contribution is 7.18. The number of thiazole rings is 1. The number of methoxy groups -OCH3 is 1. The number of aromatic carboxylic acids is 1. The molecule has 11 heteroatoms. The molecule has 0 atom stereocenters. The maximum atomic E-state index is 14.0. The van der Waals surface area contributed by atoms with Gasteiger partial charge in [-0.25, -0.2) is 14.2 Å². The minimum atomic E-state index is -4.50. The van der Waals surface area contributed by atoms with Crippen LogP contribution < -0.4 is 4.74 Å². The summed E-state index contributed by atoms with van der Waals surface area (Å²) >= 11 is 1.12. The van der Waals surface area contributed by atoms with E-state index < -0.39 is 23.5 Å². The number of aromatic nitrogens is 3. The Morgan fingerprint density at radius 1 is 0.974 bits per heavy atom. The number of carboxylic acid groups (broad SMARTS) is 1. The van der Waals surface area contributed by atoms with Crippen molar-refractivity contribution in [2.75, 3.05) is 7.11 Å². The third-order valence-electron chi connectivity index (χ3n) is 6.01. The summed E-state index contributed by atoms with van der Waals surface area (Å²) in [6, 6.07) is 17.1. The second-order valence-electron chi connectivity index (χ2n) is 8.51. The fraction of sp³-hybridized carbons (Fsp3) is 0.107. The van der Waals surface area contributed by atoms with Gasteiger partial charge in [0.15, 0.2) is 5.69 Å². The molecule has 0 aliphatic heterocycles. The molecular formula is C28H19F4N3O3S. The molecule has 0 saturated heterocycles. The van der Waals surface area contributed by atoms with Crippen LogP contribution in [-0.4, -0.2) is 33.0 Å². The second kappa shape index (κ2) is 9.99. The first-order valence-corrected chi connectivity index (χ1v) is 12.3. The molecule has 198 valence electrons. The quantitative estimate of drug-likeness (QED) is 0.220. The van der Waals surface area contributed by atoms with Gasteiger partial charge in [-0.2, -0.15) is 23.0 Å². The van der Waals surface area contributed by atoms with Crippen LogP contribution in [0.2, 0.25) is 0 Å². The first kappa shape index (κ1) is 26.1. The standard InChI is InChI=1S/C28H19F4N3O3S/c1-15-22(18-4-3-5-20(29)14-18)24(26(36)37)35(34-15)27-33-23(16-6-10-19(11-7-16)28(30,31)32)25(39-27)17-8-12-21(38-2)13-9-17/h3-14H,1-2H3,(H,36,37). The van der Waals surface area contributed by atoms with Gasteiger partial charge in [-0.05, 0) is 66.6 Å². The lowest BCUT2D eigenvalue weighted by atomic mass is 10.0. The average molecular weight is 554 g/mol. The monoisotopic (exact) mass is 553 g/mol. The predicted octanol–water partition coefficient (Wildman–Crippen LogP) is 7.50. The van der Waals surface area contributed by atoms with Crippen molar-refractivity contribution >= 4 is 17.3 Å². The maximum Gasteiger partial charge on any atom is 0.416 e. The first-order chi connectivity index (χ1) is 18.6. The largest absolute Gasteiger partial charge is 0.497 e. The minimum Gasteiger partial charge on any atom is -0.497 e. The van der Waals surface area contributed by atoms with Crippen LogP contribution >= 0.6 is 11.3 Å². The molecule has 3 aromatic carbocycles. The van der Waals surface area contributed by atoms with E-state index in [4.69, 9.17) is 4.74 Å². The van der Waals surface area contributed by atoms with Gasteiger partial charge in [-0.15, -0.1) is 0 Å². The molecule has 6 nitrogen and oxygen atoms in total. The Morgan fingerprint density at radius 3 is 2.23 bits per heavy atom. The normalized spacial score (nSPS) is 11.5. The first-order valence-electron chi connectivity index (χ1n) is 11.5. The lowest BCUT2D eigenvalue weighted by Gasteiger charge is -2.08. The van der Waals surface area contributed by atoms with Gasteiger partial charge in [0, 0.05) is 11.1 Å². The van der Waals surface area contributed by atoms with Gasteiger partial charge in [0.2, 0.25) is 5.13 Å². The molecule has 0 radical (unpaired) electrons. The summed E-state index contributed by atoms with van der Waals surface area (Å²) in [5.74, 6) is -1.22. The van der Waals surface area contributed by atoms with Gasteiger partial charge in [0.1, 0.15) is 11.6 Å². The van der Waals surface area contributed by atoms with Crippen LogP contribution in [0.5, 0.6) is 5.75 Å². The topological polar surface area (TPSA) is 77.2 Å². The third kappa shape index (κ3) is 5.00. The van der Waals surface area contributed by atoms with E-state index in [2.05, 4.69) is 10.1 Å². The maximum absolute atomic E-state index is 14.0. The summed E-state index contributed by atoms with van der Waals surface area (Å²) < 4.78 is 59.9. The molecule has 0 amide bonds. The summed E-state index contributed by atoms with van der Waals surface area (Å²) in [5, 5.41) is 14.7. The molecule has 39 heavy (non-hydrogen) atoms. The number of ether oxygens (including phenoxy) is 1. The number of rotatable bonds is 6. The highest BCUT2D eigenvalue weighted by Gasteiger charge is 2.31. The Labute approximate surface area is 223 Å². The third-order valence-corrected chi connectivity index (χ3v) is 7.09. The van der Waals surface area contributed by atoms with Crippen molar-refractivity contribution in [3.8, 4) is 43.7 Å². The van der Waals surface area contributed by atoms with E-state index in [0.717, 1.165) is 23.5 Å². The molecule has 2 heterocycles. The molecule has 0 unspecified atom stereocenters.